The molecule has 1 saturated carbocycles. The Morgan fingerprint density at radius 2 is 1.00 bits per heavy atom. The third-order valence-corrected chi connectivity index (χ3v) is 5.88. The summed E-state index contributed by atoms with van der Waals surface area (Å²) in [4.78, 5) is 1.37. The average Bonchev–Trinajstić information content (AvgIpc) is 3.37. The molecule has 3 aromatic rings. The second kappa shape index (κ2) is 6.64. The van der Waals surface area contributed by atoms with Crippen LogP contribution < -0.4 is 0 Å². The SMILES string of the molecule is c1ccc(SCC2C(c3ccccc3)C2c2ccccc2)cc1. The van der Waals surface area contributed by atoms with Crippen LogP contribution in [0.2, 0.25) is 0 Å². The second-order valence-electron chi connectivity index (χ2n) is 6.16. The summed E-state index contributed by atoms with van der Waals surface area (Å²) >= 11 is 1.99. The highest BCUT2D eigenvalue weighted by atomic mass is 32.2. The molecule has 0 radical (unpaired) electrons. The number of hydrogen-bond donors (Lipinski definition) is 0. The van der Waals surface area contributed by atoms with E-state index in [9.17, 15) is 0 Å². The van der Waals surface area contributed by atoms with Crippen LogP contribution in [0.15, 0.2) is 95.9 Å². The molecule has 2 unspecified atom stereocenters. The lowest BCUT2D eigenvalue weighted by Crippen LogP contribution is -1.87. The molecule has 1 aliphatic carbocycles. The monoisotopic (exact) mass is 316 g/mol. The van der Waals surface area contributed by atoms with Gasteiger partial charge >= 0.3 is 0 Å². The van der Waals surface area contributed by atoms with E-state index in [1.807, 2.05) is 11.8 Å². The molecule has 1 heteroatoms. The standard InChI is InChI=1S/C22H20S/c1-4-10-17(11-5-1)21-20(16-23-19-14-8-3-9-15-19)22(21)18-12-6-2-7-13-18/h1-15,20-22H,16H2. The maximum atomic E-state index is 2.29. The predicted molar refractivity (Wildman–Crippen MR) is 99.0 cm³/mol. The van der Waals surface area contributed by atoms with E-state index in [0.29, 0.717) is 11.8 Å². The van der Waals surface area contributed by atoms with Gasteiger partial charge in [-0.1, -0.05) is 78.9 Å². The van der Waals surface area contributed by atoms with Crippen molar-refractivity contribution in [2.24, 2.45) is 5.92 Å². The van der Waals surface area contributed by atoms with E-state index in [1.54, 1.807) is 0 Å². The van der Waals surface area contributed by atoms with Gasteiger partial charge in [-0.2, -0.15) is 0 Å². The van der Waals surface area contributed by atoms with Gasteiger partial charge < -0.3 is 0 Å². The van der Waals surface area contributed by atoms with Crippen molar-refractivity contribution in [2.45, 2.75) is 16.7 Å². The first-order valence-corrected chi connectivity index (χ1v) is 9.20. The third kappa shape index (κ3) is 3.20. The van der Waals surface area contributed by atoms with Gasteiger partial charge in [-0.05, 0) is 41.0 Å². The molecule has 0 N–H and O–H groups in total. The van der Waals surface area contributed by atoms with E-state index in [-0.39, 0.29) is 0 Å². The Labute approximate surface area is 142 Å². The fourth-order valence-corrected chi connectivity index (χ4v) is 4.70. The molecule has 0 saturated heterocycles. The van der Waals surface area contributed by atoms with Gasteiger partial charge in [0.25, 0.3) is 0 Å². The fraction of sp³-hybridized carbons (Fsp3) is 0.182. The Bertz CT molecular complexity index is 691. The van der Waals surface area contributed by atoms with E-state index in [4.69, 9.17) is 0 Å². The topological polar surface area (TPSA) is 0 Å². The molecule has 3 aromatic carbocycles. The zero-order chi connectivity index (χ0) is 15.5. The lowest BCUT2D eigenvalue weighted by molar-refractivity contribution is 0.910. The van der Waals surface area contributed by atoms with E-state index in [0.717, 1.165) is 5.92 Å². The van der Waals surface area contributed by atoms with Crippen LogP contribution in [0.3, 0.4) is 0 Å². The number of hydrogen-bond acceptors (Lipinski definition) is 1. The van der Waals surface area contributed by atoms with Crippen molar-refractivity contribution < 1.29 is 0 Å². The summed E-state index contributed by atoms with van der Waals surface area (Å²) in [5, 5.41) is 0. The van der Waals surface area contributed by atoms with Crippen LogP contribution in [0.25, 0.3) is 0 Å². The highest BCUT2D eigenvalue weighted by Gasteiger charge is 2.51. The van der Waals surface area contributed by atoms with Crippen molar-refractivity contribution in [3.63, 3.8) is 0 Å². The highest BCUT2D eigenvalue weighted by molar-refractivity contribution is 7.99. The molecular weight excluding hydrogens is 296 g/mol. The molecule has 2 atom stereocenters. The predicted octanol–water partition coefficient (Wildman–Crippen LogP) is 5.98. The first-order chi connectivity index (χ1) is 11.4. The van der Waals surface area contributed by atoms with Gasteiger partial charge in [0.2, 0.25) is 0 Å². The normalized spacial score (nSPS) is 22.7. The zero-order valence-electron chi connectivity index (χ0n) is 13.0. The van der Waals surface area contributed by atoms with E-state index in [2.05, 4.69) is 91.0 Å². The molecule has 0 amide bonds. The Kier molecular flexibility index (Phi) is 4.21. The molecule has 4 rings (SSSR count). The van der Waals surface area contributed by atoms with Gasteiger partial charge in [0.15, 0.2) is 0 Å². The van der Waals surface area contributed by atoms with Crippen molar-refractivity contribution in [3.8, 4) is 0 Å². The molecule has 0 heterocycles. The van der Waals surface area contributed by atoms with Crippen LogP contribution in [0, 0.1) is 5.92 Å². The smallest absolute Gasteiger partial charge is 0.00720 e. The summed E-state index contributed by atoms with van der Waals surface area (Å²) < 4.78 is 0. The van der Waals surface area contributed by atoms with E-state index in [1.165, 1.54) is 21.8 Å². The molecule has 0 aliphatic heterocycles. The molecule has 0 nitrogen and oxygen atoms in total. The van der Waals surface area contributed by atoms with Gasteiger partial charge in [0, 0.05) is 10.6 Å². The minimum absolute atomic E-state index is 0.662. The lowest BCUT2D eigenvalue weighted by atomic mass is 10.0. The first-order valence-electron chi connectivity index (χ1n) is 8.21. The summed E-state index contributed by atoms with van der Waals surface area (Å²) in [6.45, 7) is 0. The molecule has 23 heavy (non-hydrogen) atoms. The second-order valence-corrected chi connectivity index (χ2v) is 7.25. The van der Waals surface area contributed by atoms with Crippen LogP contribution in [0.1, 0.15) is 23.0 Å². The molecule has 1 aliphatic rings. The van der Waals surface area contributed by atoms with Crippen molar-refractivity contribution >= 4 is 11.8 Å². The van der Waals surface area contributed by atoms with Crippen LogP contribution >= 0.6 is 11.8 Å². The average molecular weight is 316 g/mol. The lowest BCUT2D eigenvalue weighted by Gasteiger charge is -2.01. The Morgan fingerprint density at radius 3 is 1.48 bits per heavy atom. The Hall–Kier alpha value is -1.99. The molecule has 1 fully saturated rings. The summed E-state index contributed by atoms with van der Waals surface area (Å²) in [5.41, 5.74) is 2.97. The quantitative estimate of drug-likeness (QED) is 0.522. The summed E-state index contributed by atoms with van der Waals surface area (Å²) in [6.07, 6.45) is 0. The van der Waals surface area contributed by atoms with Crippen LogP contribution in [0.4, 0.5) is 0 Å². The van der Waals surface area contributed by atoms with Crippen LogP contribution in [-0.4, -0.2) is 5.75 Å². The van der Waals surface area contributed by atoms with Gasteiger partial charge in [0.1, 0.15) is 0 Å². The maximum absolute atomic E-state index is 2.29. The number of rotatable bonds is 5. The molecule has 0 spiro atoms. The summed E-state index contributed by atoms with van der Waals surface area (Å²) in [5.74, 6) is 3.23. The molecular formula is C22H20S. The minimum Gasteiger partial charge on any atom is -0.126 e. The van der Waals surface area contributed by atoms with Crippen LogP contribution in [0.5, 0.6) is 0 Å². The number of benzene rings is 3. The zero-order valence-corrected chi connectivity index (χ0v) is 13.8. The first kappa shape index (κ1) is 14.6. The van der Waals surface area contributed by atoms with Crippen molar-refractivity contribution in [1.82, 2.24) is 0 Å². The maximum Gasteiger partial charge on any atom is 0.00720 e. The van der Waals surface area contributed by atoms with Crippen molar-refractivity contribution in [3.05, 3.63) is 102 Å². The van der Waals surface area contributed by atoms with Gasteiger partial charge in [0.05, 0.1) is 0 Å². The highest BCUT2D eigenvalue weighted by Crippen LogP contribution is 2.61. The Balaban J connectivity index is 1.54. The largest absolute Gasteiger partial charge is 0.126 e. The minimum atomic E-state index is 0.662. The van der Waals surface area contributed by atoms with Gasteiger partial charge in [-0.3, -0.25) is 0 Å². The van der Waals surface area contributed by atoms with Crippen LogP contribution in [-0.2, 0) is 0 Å². The molecule has 0 aromatic heterocycles. The summed E-state index contributed by atoms with van der Waals surface area (Å²) in [6, 6.07) is 32.8. The van der Waals surface area contributed by atoms with Crippen molar-refractivity contribution in [1.29, 1.82) is 0 Å². The van der Waals surface area contributed by atoms with Gasteiger partial charge in [-0.25, -0.2) is 0 Å². The molecule has 0 bridgehead atoms. The van der Waals surface area contributed by atoms with Crippen molar-refractivity contribution in [2.75, 3.05) is 5.75 Å². The van der Waals surface area contributed by atoms with E-state index >= 15 is 0 Å². The van der Waals surface area contributed by atoms with E-state index < -0.39 is 0 Å². The molecule has 114 valence electrons. The number of thioether (sulfide) groups is 1. The third-order valence-electron chi connectivity index (χ3n) is 4.72. The van der Waals surface area contributed by atoms with Gasteiger partial charge in [-0.15, -0.1) is 11.8 Å². The fourth-order valence-electron chi connectivity index (χ4n) is 3.55. The summed E-state index contributed by atoms with van der Waals surface area (Å²) in [7, 11) is 0. The Morgan fingerprint density at radius 1 is 0.565 bits per heavy atom.